The normalized spacial score (nSPS) is 12.4. The molecule has 0 spiro atoms. The van der Waals surface area contributed by atoms with Gasteiger partial charge in [0, 0.05) is 0 Å². The summed E-state index contributed by atoms with van der Waals surface area (Å²) in [6, 6.07) is 0. The van der Waals surface area contributed by atoms with E-state index in [4.69, 9.17) is 4.74 Å². The van der Waals surface area contributed by atoms with Crippen molar-refractivity contribution in [3.63, 3.8) is 0 Å². The van der Waals surface area contributed by atoms with E-state index in [9.17, 15) is 0 Å². The van der Waals surface area contributed by atoms with Gasteiger partial charge in [-0.05, 0) is 25.8 Å². The van der Waals surface area contributed by atoms with E-state index in [1.807, 2.05) is 32.3 Å². The van der Waals surface area contributed by atoms with E-state index in [1.165, 1.54) is 31.3 Å². The van der Waals surface area contributed by atoms with Crippen molar-refractivity contribution in [1.29, 1.82) is 0 Å². The van der Waals surface area contributed by atoms with Gasteiger partial charge < -0.3 is 4.74 Å². The molecule has 0 N–H and O–H groups in total. The van der Waals surface area contributed by atoms with Crippen LogP contribution >= 0.6 is 0 Å². The first-order valence-corrected chi connectivity index (χ1v) is 5.22. The largest absolute Gasteiger partial charge is 0.501 e. The lowest BCUT2D eigenvalue weighted by Crippen LogP contribution is -1.88. The number of rotatable bonds is 7. The smallest absolute Gasteiger partial charge is 0.0873 e. The predicted molar refractivity (Wildman–Crippen MR) is 58.7 cm³/mol. The van der Waals surface area contributed by atoms with Gasteiger partial charge in [0.2, 0.25) is 0 Å². The van der Waals surface area contributed by atoms with Crippen molar-refractivity contribution < 1.29 is 4.74 Å². The van der Waals surface area contributed by atoms with Gasteiger partial charge in [0.1, 0.15) is 0 Å². The standard InChI is InChI=1S/C12H22O/c1-4-6-7-8-10-13-11-12(3)9-5-2/h5,9,11H,4,6-8,10H2,1-3H3. The summed E-state index contributed by atoms with van der Waals surface area (Å²) >= 11 is 0. The summed E-state index contributed by atoms with van der Waals surface area (Å²) in [6.07, 6.45) is 11.0. The fourth-order valence-corrected chi connectivity index (χ4v) is 1.10. The maximum absolute atomic E-state index is 5.38. The number of unbranched alkanes of at least 4 members (excludes halogenated alkanes) is 3. The van der Waals surface area contributed by atoms with E-state index in [0.29, 0.717) is 0 Å². The Kier molecular flexibility index (Phi) is 8.85. The Hall–Kier alpha value is -0.720. The highest BCUT2D eigenvalue weighted by atomic mass is 16.5. The molecule has 0 rings (SSSR count). The maximum Gasteiger partial charge on any atom is 0.0873 e. The van der Waals surface area contributed by atoms with Gasteiger partial charge in [0.25, 0.3) is 0 Å². The molecule has 0 amide bonds. The summed E-state index contributed by atoms with van der Waals surface area (Å²) in [4.78, 5) is 0. The Bertz CT molecular complexity index is 157. The van der Waals surface area contributed by atoms with Crippen LogP contribution in [0.3, 0.4) is 0 Å². The molecule has 0 saturated heterocycles. The summed E-state index contributed by atoms with van der Waals surface area (Å²) < 4.78 is 5.38. The number of hydrogen-bond donors (Lipinski definition) is 0. The van der Waals surface area contributed by atoms with Gasteiger partial charge in [0.05, 0.1) is 12.9 Å². The molecule has 0 aromatic heterocycles. The molecule has 0 bridgehead atoms. The van der Waals surface area contributed by atoms with Crippen LogP contribution in [-0.4, -0.2) is 6.61 Å². The zero-order valence-electron chi connectivity index (χ0n) is 9.18. The van der Waals surface area contributed by atoms with Crippen LogP contribution in [0.2, 0.25) is 0 Å². The van der Waals surface area contributed by atoms with Crippen LogP contribution in [0.25, 0.3) is 0 Å². The maximum atomic E-state index is 5.38. The third kappa shape index (κ3) is 9.19. The minimum atomic E-state index is 0.856. The number of hydrogen-bond acceptors (Lipinski definition) is 1. The summed E-state index contributed by atoms with van der Waals surface area (Å²) in [5, 5.41) is 0. The summed E-state index contributed by atoms with van der Waals surface area (Å²) in [6.45, 7) is 7.14. The second kappa shape index (κ2) is 9.37. The van der Waals surface area contributed by atoms with Gasteiger partial charge in [-0.25, -0.2) is 0 Å². The third-order valence-electron chi connectivity index (χ3n) is 1.81. The Labute approximate surface area is 82.5 Å². The van der Waals surface area contributed by atoms with Crippen LogP contribution in [0, 0.1) is 0 Å². The topological polar surface area (TPSA) is 9.23 Å². The average Bonchev–Trinajstić information content (AvgIpc) is 2.11. The Balaban J connectivity index is 3.28. The molecule has 0 unspecified atom stereocenters. The molecule has 0 aliphatic heterocycles. The minimum absolute atomic E-state index is 0.856. The summed E-state index contributed by atoms with van der Waals surface area (Å²) in [5.41, 5.74) is 1.18. The van der Waals surface area contributed by atoms with E-state index in [0.717, 1.165) is 6.61 Å². The SMILES string of the molecule is CC=CC(C)=COCCCCCC. The molecule has 0 aliphatic carbocycles. The van der Waals surface area contributed by atoms with E-state index in [-0.39, 0.29) is 0 Å². The minimum Gasteiger partial charge on any atom is -0.501 e. The Morgan fingerprint density at radius 2 is 2.00 bits per heavy atom. The summed E-state index contributed by atoms with van der Waals surface area (Å²) in [7, 11) is 0. The molecule has 0 radical (unpaired) electrons. The second-order valence-corrected chi connectivity index (χ2v) is 3.29. The van der Waals surface area contributed by atoms with Crippen LogP contribution in [-0.2, 0) is 4.74 Å². The molecule has 0 aromatic carbocycles. The van der Waals surface area contributed by atoms with E-state index >= 15 is 0 Å². The van der Waals surface area contributed by atoms with Crippen molar-refractivity contribution in [2.45, 2.75) is 46.5 Å². The highest BCUT2D eigenvalue weighted by Gasteiger charge is 1.86. The number of allylic oxidation sites excluding steroid dienone is 3. The van der Waals surface area contributed by atoms with Crippen molar-refractivity contribution in [3.05, 3.63) is 24.0 Å². The third-order valence-corrected chi connectivity index (χ3v) is 1.81. The van der Waals surface area contributed by atoms with Crippen LogP contribution in [0.1, 0.15) is 46.5 Å². The molecule has 0 saturated carbocycles. The zero-order chi connectivity index (χ0) is 9.94. The Morgan fingerprint density at radius 3 is 2.62 bits per heavy atom. The van der Waals surface area contributed by atoms with Crippen molar-refractivity contribution in [2.75, 3.05) is 6.61 Å². The van der Waals surface area contributed by atoms with Gasteiger partial charge in [-0.1, -0.05) is 38.3 Å². The predicted octanol–water partition coefficient (Wildman–Crippen LogP) is 4.06. The first-order valence-electron chi connectivity index (χ1n) is 5.22. The quantitative estimate of drug-likeness (QED) is 0.328. The van der Waals surface area contributed by atoms with E-state index < -0.39 is 0 Å². The Morgan fingerprint density at radius 1 is 1.23 bits per heavy atom. The lowest BCUT2D eigenvalue weighted by molar-refractivity contribution is 0.239. The molecule has 76 valence electrons. The van der Waals surface area contributed by atoms with Gasteiger partial charge in [0.15, 0.2) is 0 Å². The number of ether oxygens (including phenoxy) is 1. The highest BCUT2D eigenvalue weighted by Crippen LogP contribution is 2.00. The lowest BCUT2D eigenvalue weighted by atomic mass is 10.2. The first kappa shape index (κ1) is 12.3. The monoisotopic (exact) mass is 182 g/mol. The molecule has 0 aromatic rings. The molecule has 0 aliphatic rings. The molecule has 1 nitrogen and oxygen atoms in total. The van der Waals surface area contributed by atoms with E-state index in [2.05, 4.69) is 6.92 Å². The first-order chi connectivity index (χ1) is 6.31. The van der Waals surface area contributed by atoms with Crippen LogP contribution < -0.4 is 0 Å². The van der Waals surface area contributed by atoms with Crippen molar-refractivity contribution in [2.24, 2.45) is 0 Å². The summed E-state index contributed by atoms with van der Waals surface area (Å²) in [5.74, 6) is 0. The lowest BCUT2D eigenvalue weighted by Gasteiger charge is -2.00. The van der Waals surface area contributed by atoms with Gasteiger partial charge in [-0.3, -0.25) is 0 Å². The van der Waals surface area contributed by atoms with Crippen LogP contribution in [0.4, 0.5) is 0 Å². The van der Waals surface area contributed by atoms with Crippen molar-refractivity contribution >= 4 is 0 Å². The molecule has 0 heterocycles. The van der Waals surface area contributed by atoms with Crippen molar-refractivity contribution in [3.8, 4) is 0 Å². The molecule has 13 heavy (non-hydrogen) atoms. The fraction of sp³-hybridized carbons (Fsp3) is 0.667. The van der Waals surface area contributed by atoms with Crippen LogP contribution in [0.15, 0.2) is 24.0 Å². The molecular formula is C12H22O. The highest BCUT2D eigenvalue weighted by molar-refractivity contribution is 5.12. The van der Waals surface area contributed by atoms with Gasteiger partial charge in [-0.2, -0.15) is 0 Å². The molecule has 0 atom stereocenters. The van der Waals surface area contributed by atoms with Crippen LogP contribution in [0.5, 0.6) is 0 Å². The zero-order valence-corrected chi connectivity index (χ0v) is 9.18. The molecular weight excluding hydrogens is 160 g/mol. The molecule has 1 heteroatoms. The van der Waals surface area contributed by atoms with E-state index in [1.54, 1.807) is 0 Å². The van der Waals surface area contributed by atoms with Gasteiger partial charge >= 0.3 is 0 Å². The molecule has 0 fully saturated rings. The van der Waals surface area contributed by atoms with Crippen molar-refractivity contribution in [1.82, 2.24) is 0 Å². The second-order valence-electron chi connectivity index (χ2n) is 3.29. The fourth-order valence-electron chi connectivity index (χ4n) is 1.10. The average molecular weight is 182 g/mol. The van der Waals surface area contributed by atoms with Gasteiger partial charge in [-0.15, -0.1) is 0 Å².